The van der Waals surface area contributed by atoms with Gasteiger partial charge < -0.3 is 0 Å². The van der Waals surface area contributed by atoms with Crippen LogP contribution in [0.3, 0.4) is 0 Å². The van der Waals surface area contributed by atoms with Crippen LogP contribution in [0.25, 0.3) is 0 Å². The van der Waals surface area contributed by atoms with E-state index < -0.39 is 0 Å². The summed E-state index contributed by atoms with van der Waals surface area (Å²) in [5.41, 5.74) is 4.05. The summed E-state index contributed by atoms with van der Waals surface area (Å²) in [6.45, 7) is 0. The maximum atomic E-state index is 6.27. The monoisotopic (exact) mass is 246 g/mol. The summed E-state index contributed by atoms with van der Waals surface area (Å²) >= 11 is 8.17. The highest BCUT2D eigenvalue weighted by Crippen LogP contribution is 2.35. The van der Waals surface area contributed by atoms with Gasteiger partial charge in [-0.15, -0.1) is 11.8 Å². The average Bonchev–Trinajstić information content (AvgIpc) is 2.50. The summed E-state index contributed by atoms with van der Waals surface area (Å²) in [6.07, 6.45) is 0.957. The van der Waals surface area contributed by atoms with Gasteiger partial charge in [-0.2, -0.15) is 0 Å². The van der Waals surface area contributed by atoms with Crippen LogP contribution in [0.1, 0.15) is 16.7 Å². The molecule has 0 amide bonds. The van der Waals surface area contributed by atoms with Gasteiger partial charge in [0.1, 0.15) is 0 Å². The summed E-state index contributed by atoms with van der Waals surface area (Å²) in [4.78, 5) is 1.38. The van der Waals surface area contributed by atoms with Crippen LogP contribution in [0.15, 0.2) is 47.4 Å². The zero-order chi connectivity index (χ0) is 11.0. The Morgan fingerprint density at radius 1 is 0.938 bits per heavy atom. The molecule has 0 fully saturated rings. The molecule has 0 aliphatic carbocycles. The fraction of sp³-hybridized carbons (Fsp3) is 0.143. The molecule has 1 aliphatic heterocycles. The van der Waals surface area contributed by atoms with Gasteiger partial charge in [0.05, 0.1) is 0 Å². The van der Waals surface area contributed by atoms with Crippen molar-refractivity contribution in [2.24, 2.45) is 0 Å². The van der Waals surface area contributed by atoms with Crippen LogP contribution in [0.5, 0.6) is 0 Å². The van der Waals surface area contributed by atoms with Crippen molar-refractivity contribution in [3.63, 3.8) is 0 Å². The lowest BCUT2D eigenvalue weighted by Gasteiger charge is -2.07. The second-order valence-corrected chi connectivity index (χ2v) is 5.38. The second kappa shape index (κ2) is 4.15. The van der Waals surface area contributed by atoms with E-state index in [2.05, 4.69) is 30.3 Å². The number of benzene rings is 2. The standard InChI is InChI=1S/C14H11ClS/c15-13-6-3-5-11-9-16-14-7-2-1-4-10(14)8-12(11)13/h1-7H,8-9H2. The highest BCUT2D eigenvalue weighted by molar-refractivity contribution is 7.98. The molecule has 0 unspecified atom stereocenters. The molecular weight excluding hydrogens is 236 g/mol. The van der Waals surface area contributed by atoms with E-state index in [0.717, 1.165) is 17.2 Å². The van der Waals surface area contributed by atoms with Gasteiger partial charge in [-0.1, -0.05) is 41.9 Å². The van der Waals surface area contributed by atoms with E-state index in [9.17, 15) is 0 Å². The van der Waals surface area contributed by atoms with Crippen LogP contribution in [0.2, 0.25) is 5.02 Å². The maximum absolute atomic E-state index is 6.27. The number of hydrogen-bond donors (Lipinski definition) is 0. The van der Waals surface area contributed by atoms with Crippen molar-refractivity contribution in [1.82, 2.24) is 0 Å². The van der Waals surface area contributed by atoms with Gasteiger partial charge >= 0.3 is 0 Å². The Balaban J connectivity index is 2.13. The first kappa shape index (κ1) is 10.2. The number of fused-ring (bicyclic) bond motifs is 2. The molecule has 0 radical (unpaired) electrons. The van der Waals surface area contributed by atoms with Gasteiger partial charge in [-0.05, 0) is 28.8 Å². The van der Waals surface area contributed by atoms with Crippen molar-refractivity contribution in [3.05, 3.63) is 64.2 Å². The highest BCUT2D eigenvalue weighted by atomic mass is 35.5. The van der Waals surface area contributed by atoms with Crippen molar-refractivity contribution < 1.29 is 0 Å². The number of rotatable bonds is 0. The molecule has 2 heteroatoms. The minimum Gasteiger partial charge on any atom is -0.121 e. The number of hydrogen-bond acceptors (Lipinski definition) is 1. The Labute approximate surface area is 105 Å². The fourth-order valence-corrected chi connectivity index (χ4v) is 3.42. The minimum atomic E-state index is 0.898. The Morgan fingerprint density at radius 2 is 1.75 bits per heavy atom. The van der Waals surface area contributed by atoms with Crippen LogP contribution in [-0.4, -0.2) is 0 Å². The van der Waals surface area contributed by atoms with E-state index in [0.29, 0.717) is 0 Å². The van der Waals surface area contributed by atoms with Gasteiger partial charge in [0, 0.05) is 22.1 Å². The van der Waals surface area contributed by atoms with Gasteiger partial charge in [0.2, 0.25) is 0 Å². The molecular formula is C14H11ClS. The second-order valence-electron chi connectivity index (χ2n) is 3.95. The summed E-state index contributed by atoms with van der Waals surface area (Å²) in [5, 5.41) is 0.898. The first-order chi connectivity index (χ1) is 7.84. The summed E-state index contributed by atoms with van der Waals surface area (Å²) in [6, 6.07) is 14.8. The summed E-state index contributed by atoms with van der Waals surface area (Å²) < 4.78 is 0. The molecule has 3 rings (SSSR count). The lowest BCUT2D eigenvalue weighted by atomic mass is 10.0. The SMILES string of the molecule is Clc1cccc2c1Cc1ccccc1SC2. The van der Waals surface area contributed by atoms with E-state index in [-0.39, 0.29) is 0 Å². The van der Waals surface area contributed by atoms with Gasteiger partial charge in [0.25, 0.3) is 0 Å². The van der Waals surface area contributed by atoms with E-state index in [1.165, 1.54) is 21.6 Å². The Hall–Kier alpha value is -0.920. The molecule has 2 aromatic carbocycles. The largest absolute Gasteiger partial charge is 0.121 e. The van der Waals surface area contributed by atoms with Gasteiger partial charge in [-0.25, -0.2) is 0 Å². The third-order valence-corrected chi connectivity index (χ3v) is 4.46. The molecule has 0 spiro atoms. The Bertz CT molecular complexity index is 534. The normalized spacial score (nSPS) is 13.8. The first-order valence-corrected chi connectivity index (χ1v) is 6.68. The van der Waals surface area contributed by atoms with E-state index in [4.69, 9.17) is 11.6 Å². The lowest BCUT2D eigenvalue weighted by Crippen LogP contribution is -1.92. The van der Waals surface area contributed by atoms with Crippen LogP contribution in [0, 0.1) is 0 Å². The molecule has 0 atom stereocenters. The first-order valence-electron chi connectivity index (χ1n) is 5.31. The summed E-state index contributed by atoms with van der Waals surface area (Å²) in [7, 11) is 0. The lowest BCUT2D eigenvalue weighted by molar-refractivity contribution is 1.12. The highest BCUT2D eigenvalue weighted by Gasteiger charge is 2.14. The molecule has 0 saturated heterocycles. The zero-order valence-corrected chi connectivity index (χ0v) is 10.3. The van der Waals surface area contributed by atoms with Crippen LogP contribution < -0.4 is 0 Å². The van der Waals surface area contributed by atoms with Crippen LogP contribution in [0.4, 0.5) is 0 Å². The van der Waals surface area contributed by atoms with Gasteiger partial charge in [0.15, 0.2) is 0 Å². The van der Waals surface area contributed by atoms with Crippen molar-refractivity contribution in [1.29, 1.82) is 0 Å². The predicted octanol–water partition coefficient (Wildman–Crippen LogP) is 4.54. The quantitative estimate of drug-likeness (QED) is 0.658. The molecule has 0 N–H and O–H groups in total. The Morgan fingerprint density at radius 3 is 2.69 bits per heavy atom. The topological polar surface area (TPSA) is 0 Å². The van der Waals surface area contributed by atoms with Crippen LogP contribution in [-0.2, 0) is 12.2 Å². The maximum Gasteiger partial charge on any atom is 0.0444 e. The predicted molar refractivity (Wildman–Crippen MR) is 70.3 cm³/mol. The molecule has 16 heavy (non-hydrogen) atoms. The molecule has 0 nitrogen and oxygen atoms in total. The average molecular weight is 247 g/mol. The van der Waals surface area contributed by atoms with Crippen molar-refractivity contribution in [2.75, 3.05) is 0 Å². The molecule has 2 aromatic rings. The van der Waals surface area contributed by atoms with Crippen molar-refractivity contribution >= 4 is 23.4 Å². The fourth-order valence-electron chi connectivity index (χ4n) is 2.07. The molecule has 1 heterocycles. The molecule has 0 saturated carbocycles. The number of thioether (sulfide) groups is 1. The molecule has 0 aromatic heterocycles. The Kier molecular flexibility index (Phi) is 2.66. The zero-order valence-electron chi connectivity index (χ0n) is 8.74. The number of halogens is 1. The smallest absolute Gasteiger partial charge is 0.0444 e. The van der Waals surface area contributed by atoms with Crippen molar-refractivity contribution in [2.45, 2.75) is 17.1 Å². The summed E-state index contributed by atoms with van der Waals surface area (Å²) in [5.74, 6) is 1.02. The van der Waals surface area contributed by atoms with E-state index in [1.54, 1.807) is 0 Å². The molecule has 80 valence electrons. The van der Waals surface area contributed by atoms with Crippen molar-refractivity contribution in [3.8, 4) is 0 Å². The van der Waals surface area contributed by atoms with E-state index >= 15 is 0 Å². The third kappa shape index (κ3) is 1.74. The van der Waals surface area contributed by atoms with Gasteiger partial charge in [-0.3, -0.25) is 0 Å². The minimum absolute atomic E-state index is 0.898. The van der Waals surface area contributed by atoms with E-state index in [1.807, 2.05) is 23.9 Å². The molecule has 0 bridgehead atoms. The van der Waals surface area contributed by atoms with Crippen LogP contribution >= 0.6 is 23.4 Å². The third-order valence-electron chi connectivity index (χ3n) is 2.94. The molecule has 1 aliphatic rings.